The molecule has 0 unspecified atom stereocenters. The Balaban J connectivity index is 1.52. The maximum atomic E-state index is 4.48. The summed E-state index contributed by atoms with van der Waals surface area (Å²) in [4.78, 5) is 11.4. The van der Waals surface area contributed by atoms with E-state index in [1.807, 2.05) is 36.8 Å². The van der Waals surface area contributed by atoms with Crippen molar-refractivity contribution in [2.45, 2.75) is 9.79 Å². The van der Waals surface area contributed by atoms with Crippen LogP contribution < -0.4 is 0 Å². The van der Waals surface area contributed by atoms with Gasteiger partial charge in [0.25, 0.3) is 0 Å². The summed E-state index contributed by atoms with van der Waals surface area (Å²) in [5, 5.41) is 4.90. The largest absolute Gasteiger partial charge is 0.264 e. The molecule has 4 aromatic carbocycles. The molecule has 0 radical (unpaired) electrons. The molecule has 0 amide bonds. The summed E-state index contributed by atoms with van der Waals surface area (Å²) in [7, 11) is 0. The Labute approximate surface area is 197 Å². The minimum absolute atomic E-state index is 0.989. The molecule has 0 spiro atoms. The topological polar surface area (TPSA) is 25.8 Å². The number of aromatic nitrogens is 2. The first kappa shape index (κ1) is 19.7. The Kier molecular flexibility index (Phi) is 5.10. The number of nitrogens with zero attached hydrogens (tertiary/aromatic N) is 2. The van der Waals surface area contributed by atoms with Gasteiger partial charge in [0.1, 0.15) is 0 Å². The molecule has 0 N–H and O–H groups in total. The first-order valence-electron chi connectivity index (χ1n) is 10.9. The van der Waals surface area contributed by atoms with Gasteiger partial charge in [-0.15, -0.1) is 0 Å². The van der Waals surface area contributed by atoms with Crippen LogP contribution in [0.2, 0.25) is 0 Å². The summed E-state index contributed by atoms with van der Waals surface area (Å²) in [6, 6.07) is 36.1. The fourth-order valence-electron chi connectivity index (χ4n) is 4.35. The fraction of sp³-hybridized carbons (Fsp3) is 0. The molecular formula is C30H20N2S. The van der Waals surface area contributed by atoms with Gasteiger partial charge in [-0.1, -0.05) is 84.6 Å². The highest BCUT2D eigenvalue weighted by Gasteiger charge is 2.16. The predicted molar refractivity (Wildman–Crippen MR) is 138 cm³/mol. The molecule has 156 valence electrons. The van der Waals surface area contributed by atoms with Gasteiger partial charge in [-0.05, 0) is 57.6 Å². The third-order valence-corrected chi connectivity index (χ3v) is 7.03. The molecular weight excluding hydrogens is 420 g/mol. The van der Waals surface area contributed by atoms with E-state index < -0.39 is 0 Å². The van der Waals surface area contributed by atoms with Crippen LogP contribution in [0.15, 0.2) is 132 Å². The van der Waals surface area contributed by atoms with Crippen molar-refractivity contribution < 1.29 is 0 Å². The van der Waals surface area contributed by atoms with Gasteiger partial charge < -0.3 is 0 Å². The standard InChI is InChI=1S/C30H20N2S/c1-2-8-22(9-3-1)29-24-10-4-5-11-25(24)30(26-17-19-31-20-27(26)29)33-23-15-13-21(14-16-23)28-12-6-7-18-32-28/h1-20H. The SMILES string of the molecule is c1ccc(-c2c3ccccc3c(Sc3ccc(-c4ccccn4)cc3)c3ccncc23)cc1. The quantitative estimate of drug-likeness (QED) is 0.258. The van der Waals surface area contributed by atoms with E-state index in [1.54, 1.807) is 11.8 Å². The number of pyridine rings is 2. The van der Waals surface area contributed by atoms with E-state index in [0.29, 0.717) is 0 Å². The molecule has 2 nitrogen and oxygen atoms in total. The van der Waals surface area contributed by atoms with E-state index in [0.717, 1.165) is 11.3 Å². The molecule has 0 bridgehead atoms. The highest BCUT2D eigenvalue weighted by molar-refractivity contribution is 7.99. The van der Waals surface area contributed by atoms with E-state index in [2.05, 4.69) is 94.9 Å². The molecule has 3 heteroatoms. The number of benzene rings is 4. The molecule has 0 saturated carbocycles. The summed E-state index contributed by atoms with van der Waals surface area (Å²) < 4.78 is 0. The van der Waals surface area contributed by atoms with Crippen molar-refractivity contribution >= 4 is 33.3 Å². The van der Waals surface area contributed by atoms with Crippen LogP contribution in [0.5, 0.6) is 0 Å². The minimum atomic E-state index is 0.989. The van der Waals surface area contributed by atoms with E-state index >= 15 is 0 Å². The monoisotopic (exact) mass is 440 g/mol. The average Bonchev–Trinajstić information content (AvgIpc) is 2.90. The summed E-state index contributed by atoms with van der Waals surface area (Å²) in [6.07, 6.45) is 5.72. The van der Waals surface area contributed by atoms with Gasteiger partial charge in [-0.2, -0.15) is 0 Å². The van der Waals surface area contributed by atoms with Crippen molar-refractivity contribution in [3.63, 3.8) is 0 Å². The van der Waals surface area contributed by atoms with Gasteiger partial charge in [-0.25, -0.2) is 0 Å². The van der Waals surface area contributed by atoms with Gasteiger partial charge in [0.05, 0.1) is 5.69 Å². The van der Waals surface area contributed by atoms with Gasteiger partial charge in [0.15, 0.2) is 0 Å². The van der Waals surface area contributed by atoms with Gasteiger partial charge in [0, 0.05) is 39.3 Å². The summed E-state index contributed by atoms with van der Waals surface area (Å²) in [5.74, 6) is 0. The van der Waals surface area contributed by atoms with Crippen LogP contribution in [0.25, 0.3) is 43.9 Å². The zero-order valence-corrected chi connectivity index (χ0v) is 18.7. The highest BCUT2D eigenvalue weighted by atomic mass is 32.2. The van der Waals surface area contributed by atoms with Crippen molar-refractivity contribution in [2.75, 3.05) is 0 Å². The molecule has 6 aromatic rings. The van der Waals surface area contributed by atoms with Crippen molar-refractivity contribution in [1.29, 1.82) is 0 Å². The maximum absolute atomic E-state index is 4.48. The molecule has 2 heterocycles. The van der Waals surface area contributed by atoms with Crippen LogP contribution in [0.4, 0.5) is 0 Å². The second-order valence-corrected chi connectivity index (χ2v) is 8.96. The normalized spacial score (nSPS) is 11.2. The van der Waals surface area contributed by atoms with Crippen molar-refractivity contribution in [3.05, 3.63) is 122 Å². The van der Waals surface area contributed by atoms with Crippen molar-refractivity contribution in [3.8, 4) is 22.4 Å². The predicted octanol–water partition coefficient (Wildman–Crippen LogP) is 8.27. The highest BCUT2D eigenvalue weighted by Crippen LogP contribution is 2.44. The molecule has 0 aliphatic heterocycles. The molecule has 0 atom stereocenters. The van der Waals surface area contributed by atoms with E-state index in [4.69, 9.17) is 0 Å². The first-order valence-corrected chi connectivity index (χ1v) is 11.7. The van der Waals surface area contributed by atoms with Crippen molar-refractivity contribution in [1.82, 2.24) is 9.97 Å². The lowest BCUT2D eigenvalue weighted by Gasteiger charge is -2.16. The third kappa shape index (κ3) is 3.67. The van der Waals surface area contributed by atoms with Crippen LogP contribution in [0, 0.1) is 0 Å². The molecule has 0 aliphatic rings. The van der Waals surface area contributed by atoms with Crippen LogP contribution in [-0.4, -0.2) is 9.97 Å². The van der Waals surface area contributed by atoms with Crippen LogP contribution in [0.1, 0.15) is 0 Å². The number of hydrogen-bond donors (Lipinski definition) is 0. The molecule has 0 aliphatic carbocycles. The average molecular weight is 441 g/mol. The van der Waals surface area contributed by atoms with Crippen molar-refractivity contribution in [2.24, 2.45) is 0 Å². The van der Waals surface area contributed by atoms with Gasteiger partial charge in [-0.3, -0.25) is 9.97 Å². The lowest BCUT2D eigenvalue weighted by atomic mass is 9.93. The summed E-state index contributed by atoms with van der Waals surface area (Å²) in [6.45, 7) is 0. The van der Waals surface area contributed by atoms with Crippen LogP contribution in [-0.2, 0) is 0 Å². The molecule has 6 rings (SSSR count). The summed E-state index contributed by atoms with van der Waals surface area (Å²) >= 11 is 1.81. The Morgan fingerprint density at radius 1 is 0.515 bits per heavy atom. The third-order valence-electron chi connectivity index (χ3n) is 5.87. The van der Waals surface area contributed by atoms with Gasteiger partial charge in [0.2, 0.25) is 0 Å². The Morgan fingerprint density at radius 2 is 1.24 bits per heavy atom. The molecule has 0 saturated heterocycles. The van der Waals surface area contributed by atoms with Crippen LogP contribution in [0.3, 0.4) is 0 Å². The Morgan fingerprint density at radius 3 is 2.03 bits per heavy atom. The second-order valence-electron chi connectivity index (χ2n) is 7.88. The minimum Gasteiger partial charge on any atom is -0.264 e. The Bertz CT molecular complexity index is 1500. The number of rotatable bonds is 4. The zero-order valence-electron chi connectivity index (χ0n) is 17.8. The molecule has 33 heavy (non-hydrogen) atoms. The lowest BCUT2D eigenvalue weighted by Crippen LogP contribution is -1.90. The van der Waals surface area contributed by atoms with E-state index in [9.17, 15) is 0 Å². The van der Waals surface area contributed by atoms with E-state index in [1.165, 1.54) is 42.5 Å². The van der Waals surface area contributed by atoms with E-state index in [-0.39, 0.29) is 0 Å². The molecule has 0 fully saturated rings. The number of fused-ring (bicyclic) bond motifs is 2. The lowest BCUT2D eigenvalue weighted by molar-refractivity contribution is 1.32. The second kappa shape index (κ2) is 8.53. The smallest absolute Gasteiger partial charge is 0.0701 e. The van der Waals surface area contributed by atoms with Crippen LogP contribution >= 0.6 is 11.8 Å². The zero-order chi connectivity index (χ0) is 22.0. The summed E-state index contributed by atoms with van der Waals surface area (Å²) in [5.41, 5.74) is 4.56. The fourth-order valence-corrected chi connectivity index (χ4v) is 5.44. The van der Waals surface area contributed by atoms with Gasteiger partial charge >= 0.3 is 0 Å². The maximum Gasteiger partial charge on any atom is 0.0701 e. The molecule has 2 aromatic heterocycles. The Hall–Kier alpha value is -3.95. The first-order chi connectivity index (χ1) is 16.4. The number of hydrogen-bond acceptors (Lipinski definition) is 3.